The SMILES string of the molecule is N#C/C(=C(/N)c1ccncc1)c1cccs1. The van der Waals surface area contributed by atoms with E-state index in [-0.39, 0.29) is 0 Å². The van der Waals surface area contributed by atoms with Crippen LogP contribution in [0.15, 0.2) is 42.0 Å². The van der Waals surface area contributed by atoms with Crippen LogP contribution in [0.1, 0.15) is 10.4 Å². The smallest absolute Gasteiger partial charge is 0.103 e. The van der Waals surface area contributed by atoms with Gasteiger partial charge < -0.3 is 5.73 Å². The summed E-state index contributed by atoms with van der Waals surface area (Å²) in [5.74, 6) is 0. The van der Waals surface area contributed by atoms with Crippen LogP contribution in [0, 0.1) is 11.3 Å². The van der Waals surface area contributed by atoms with Crippen LogP contribution in [0.4, 0.5) is 0 Å². The highest BCUT2D eigenvalue weighted by Crippen LogP contribution is 2.25. The first kappa shape index (κ1) is 10.4. The molecule has 2 N–H and O–H groups in total. The van der Waals surface area contributed by atoms with Gasteiger partial charge in [-0.3, -0.25) is 4.98 Å². The summed E-state index contributed by atoms with van der Waals surface area (Å²) >= 11 is 1.50. The summed E-state index contributed by atoms with van der Waals surface area (Å²) in [6.07, 6.45) is 3.32. The zero-order chi connectivity index (χ0) is 11.4. The van der Waals surface area contributed by atoms with Crippen molar-refractivity contribution in [2.75, 3.05) is 0 Å². The number of aromatic nitrogens is 1. The van der Waals surface area contributed by atoms with E-state index in [0.717, 1.165) is 10.4 Å². The maximum atomic E-state index is 9.13. The molecule has 0 fully saturated rings. The second kappa shape index (κ2) is 4.60. The Morgan fingerprint density at radius 1 is 1.31 bits per heavy atom. The van der Waals surface area contributed by atoms with Gasteiger partial charge in [0.05, 0.1) is 11.3 Å². The molecule has 0 aromatic carbocycles. The monoisotopic (exact) mass is 227 g/mol. The molecule has 3 nitrogen and oxygen atoms in total. The zero-order valence-corrected chi connectivity index (χ0v) is 9.24. The molecular formula is C12H9N3S. The van der Waals surface area contributed by atoms with Crippen LogP contribution >= 0.6 is 11.3 Å². The minimum atomic E-state index is 0.493. The molecule has 16 heavy (non-hydrogen) atoms. The topological polar surface area (TPSA) is 62.7 Å². The molecule has 0 spiro atoms. The number of hydrogen-bond acceptors (Lipinski definition) is 4. The largest absolute Gasteiger partial charge is 0.397 e. The Hall–Kier alpha value is -2.12. The van der Waals surface area contributed by atoms with Crippen molar-refractivity contribution >= 4 is 22.6 Å². The highest BCUT2D eigenvalue weighted by atomic mass is 32.1. The molecule has 0 radical (unpaired) electrons. The summed E-state index contributed by atoms with van der Waals surface area (Å²) in [7, 11) is 0. The van der Waals surface area contributed by atoms with Gasteiger partial charge in [-0.15, -0.1) is 11.3 Å². The molecule has 2 rings (SSSR count). The minimum absolute atomic E-state index is 0.493. The van der Waals surface area contributed by atoms with E-state index in [2.05, 4.69) is 11.1 Å². The van der Waals surface area contributed by atoms with Gasteiger partial charge in [-0.2, -0.15) is 5.26 Å². The fraction of sp³-hybridized carbons (Fsp3) is 0. The third kappa shape index (κ3) is 1.95. The summed E-state index contributed by atoms with van der Waals surface area (Å²) in [6, 6.07) is 9.52. The first-order valence-electron chi connectivity index (χ1n) is 4.67. The van der Waals surface area contributed by atoms with Crippen LogP contribution in [-0.4, -0.2) is 4.98 Å². The molecule has 2 heterocycles. The summed E-state index contributed by atoms with van der Waals surface area (Å²) in [5, 5.41) is 11.1. The van der Waals surface area contributed by atoms with Crippen molar-refractivity contribution in [2.24, 2.45) is 5.73 Å². The van der Waals surface area contributed by atoms with E-state index < -0.39 is 0 Å². The molecule has 0 bridgehead atoms. The van der Waals surface area contributed by atoms with Crippen molar-refractivity contribution in [3.8, 4) is 6.07 Å². The van der Waals surface area contributed by atoms with Crippen LogP contribution < -0.4 is 5.73 Å². The van der Waals surface area contributed by atoms with Crippen molar-refractivity contribution < 1.29 is 0 Å². The van der Waals surface area contributed by atoms with Gasteiger partial charge >= 0.3 is 0 Å². The first-order valence-corrected chi connectivity index (χ1v) is 5.55. The van der Waals surface area contributed by atoms with E-state index in [1.165, 1.54) is 11.3 Å². The number of nitriles is 1. The van der Waals surface area contributed by atoms with E-state index >= 15 is 0 Å². The summed E-state index contributed by atoms with van der Waals surface area (Å²) in [4.78, 5) is 4.80. The number of nitrogens with two attached hydrogens (primary N) is 1. The van der Waals surface area contributed by atoms with Crippen molar-refractivity contribution in [2.45, 2.75) is 0 Å². The summed E-state index contributed by atoms with van der Waals surface area (Å²) in [5.41, 5.74) is 7.80. The van der Waals surface area contributed by atoms with Gasteiger partial charge in [0.1, 0.15) is 6.07 Å². The Balaban J connectivity index is 2.52. The van der Waals surface area contributed by atoms with Crippen molar-refractivity contribution in [1.29, 1.82) is 5.26 Å². The van der Waals surface area contributed by atoms with Crippen molar-refractivity contribution in [3.05, 3.63) is 52.5 Å². The Morgan fingerprint density at radius 3 is 2.62 bits per heavy atom. The van der Waals surface area contributed by atoms with Crippen molar-refractivity contribution in [3.63, 3.8) is 0 Å². The number of allylic oxidation sites excluding steroid dienone is 1. The standard InChI is InChI=1S/C12H9N3S/c13-8-10(11-2-1-7-16-11)12(14)9-3-5-15-6-4-9/h1-7H,14H2/b12-10-. The van der Waals surface area contributed by atoms with Gasteiger partial charge in [-0.25, -0.2) is 0 Å². The molecule has 78 valence electrons. The average molecular weight is 227 g/mol. The Morgan fingerprint density at radius 2 is 2.06 bits per heavy atom. The molecule has 2 aromatic rings. The zero-order valence-electron chi connectivity index (χ0n) is 8.42. The fourth-order valence-electron chi connectivity index (χ4n) is 1.34. The first-order chi connectivity index (χ1) is 7.83. The van der Waals surface area contributed by atoms with Crippen LogP contribution in [0.2, 0.25) is 0 Å². The normalized spacial score (nSPS) is 11.7. The predicted molar refractivity (Wildman–Crippen MR) is 65.2 cm³/mol. The quantitative estimate of drug-likeness (QED) is 0.802. The van der Waals surface area contributed by atoms with Crippen molar-refractivity contribution in [1.82, 2.24) is 4.98 Å². The van der Waals surface area contributed by atoms with Crippen LogP contribution in [0.5, 0.6) is 0 Å². The average Bonchev–Trinajstić information content (AvgIpc) is 2.85. The van der Waals surface area contributed by atoms with Gasteiger partial charge in [0.2, 0.25) is 0 Å². The van der Waals surface area contributed by atoms with E-state index in [1.54, 1.807) is 24.5 Å². The molecule has 0 saturated carbocycles. The maximum Gasteiger partial charge on any atom is 0.103 e. The number of thiophene rings is 1. The summed E-state index contributed by atoms with van der Waals surface area (Å²) in [6.45, 7) is 0. The Kier molecular flexibility index (Phi) is 2.99. The molecule has 0 aliphatic rings. The number of nitrogens with zero attached hydrogens (tertiary/aromatic N) is 2. The van der Waals surface area contributed by atoms with Gasteiger partial charge in [-0.05, 0) is 23.6 Å². The second-order valence-electron chi connectivity index (χ2n) is 3.11. The highest BCUT2D eigenvalue weighted by Gasteiger charge is 2.08. The third-order valence-corrected chi connectivity index (χ3v) is 3.03. The maximum absolute atomic E-state index is 9.13. The summed E-state index contributed by atoms with van der Waals surface area (Å²) < 4.78 is 0. The lowest BCUT2D eigenvalue weighted by molar-refractivity contribution is 1.31. The van der Waals surface area contributed by atoms with Crippen LogP contribution in [-0.2, 0) is 0 Å². The molecule has 0 aliphatic heterocycles. The van der Waals surface area contributed by atoms with E-state index in [4.69, 9.17) is 11.0 Å². The van der Waals surface area contributed by atoms with Gasteiger partial charge in [0, 0.05) is 22.8 Å². The Labute approximate surface area is 97.5 Å². The van der Waals surface area contributed by atoms with Gasteiger partial charge in [0.25, 0.3) is 0 Å². The molecular weight excluding hydrogens is 218 g/mol. The lowest BCUT2D eigenvalue weighted by atomic mass is 10.1. The lowest BCUT2D eigenvalue weighted by Crippen LogP contribution is -1.99. The van der Waals surface area contributed by atoms with E-state index in [0.29, 0.717) is 11.3 Å². The van der Waals surface area contributed by atoms with E-state index in [1.807, 2.05) is 17.5 Å². The lowest BCUT2D eigenvalue weighted by Gasteiger charge is -2.03. The van der Waals surface area contributed by atoms with Gasteiger partial charge in [-0.1, -0.05) is 6.07 Å². The van der Waals surface area contributed by atoms with E-state index in [9.17, 15) is 0 Å². The van der Waals surface area contributed by atoms with Crippen LogP contribution in [0.25, 0.3) is 11.3 Å². The molecule has 0 unspecified atom stereocenters. The van der Waals surface area contributed by atoms with Crippen LogP contribution in [0.3, 0.4) is 0 Å². The molecule has 0 atom stereocenters. The number of pyridine rings is 1. The molecule has 4 heteroatoms. The molecule has 0 amide bonds. The fourth-order valence-corrected chi connectivity index (χ4v) is 2.08. The predicted octanol–water partition coefficient (Wildman–Crippen LogP) is 2.49. The molecule has 0 saturated heterocycles. The minimum Gasteiger partial charge on any atom is -0.397 e. The molecule has 0 aliphatic carbocycles. The highest BCUT2D eigenvalue weighted by molar-refractivity contribution is 7.11. The Bertz CT molecular complexity index is 535. The molecule has 2 aromatic heterocycles. The number of hydrogen-bond donors (Lipinski definition) is 1. The third-order valence-electron chi connectivity index (χ3n) is 2.14. The second-order valence-corrected chi connectivity index (χ2v) is 4.06. The number of rotatable bonds is 2. The van der Waals surface area contributed by atoms with Gasteiger partial charge in [0.15, 0.2) is 0 Å².